The van der Waals surface area contributed by atoms with Crippen LogP contribution < -0.4 is 9.64 Å². The van der Waals surface area contributed by atoms with Gasteiger partial charge in [-0.2, -0.15) is 0 Å². The summed E-state index contributed by atoms with van der Waals surface area (Å²) in [5.74, 6) is 1.55. The third-order valence-electron chi connectivity index (χ3n) is 5.44. The van der Waals surface area contributed by atoms with Gasteiger partial charge in [0.25, 0.3) is 0 Å². The SMILES string of the molecule is COc1ccc(S(=O)(=O)CC2CC(N(C)c3ncnc4[nH]ccc34)C2)c(C)n1. The van der Waals surface area contributed by atoms with Gasteiger partial charge in [-0.1, -0.05) is 0 Å². The number of aromatic amines is 1. The number of nitrogens with one attached hydrogen (secondary N) is 1. The molecular weight excluding hydrogens is 378 g/mol. The van der Waals surface area contributed by atoms with Gasteiger partial charge in [-0.25, -0.2) is 23.4 Å². The number of aryl methyl sites for hydroxylation is 1. The van der Waals surface area contributed by atoms with Gasteiger partial charge >= 0.3 is 0 Å². The van der Waals surface area contributed by atoms with Gasteiger partial charge in [0, 0.05) is 25.4 Å². The highest BCUT2D eigenvalue weighted by molar-refractivity contribution is 7.91. The second-order valence-corrected chi connectivity index (χ2v) is 9.26. The van der Waals surface area contributed by atoms with E-state index in [0.29, 0.717) is 11.6 Å². The van der Waals surface area contributed by atoms with Crippen molar-refractivity contribution in [1.82, 2.24) is 19.9 Å². The molecule has 0 spiro atoms. The fraction of sp³-hybridized carbons (Fsp3) is 0.421. The van der Waals surface area contributed by atoms with E-state index in [4.69, 9.17) is 4.74 Å². The molecule has 8 nitrogen and oxygen atoms in total. The van der Waals surface area contributed by atoms with Crippen LogP contribution in [0.15, 0.2) is 35.6 Å². The summed E-state index contributed by atoms with van der Waals surface area (Å²) in [5.41, 5.74) is 1.28. The maximum Gasteiger partial charge on any atom is 0.213 e. The summed E-state index contributed by atoms with van der Waals surface area (Å²) >= 11 is 0. The van der Waals surface area contributed by atoms with Gasteiger partial charge in [0.05, 0.1) is 28.8 Å². The minimum Gasteiger partial charge on any atom is -0.481 e. The van der Waals surface area contributed by atoms with E-state index in [-0.39, 0.29) is 22.6 Å². The quantitative estimate of drug-likeness (QED) is 0.676. The van der Waals surface area contributed by atoms with Gasteiger partial charge < -0.3 is 14.6 Å². The van der Waals surface area contributed by atoms with Crippen LogP contribution in [0.4, 0.5) is 5.82 Å². The van der Waals surface area contributed by atoms with Gasteiger partial charge in [-0.15, -0.1) is 0 Å². The summed E-state index contributed by atoms with van der Waals surface area (Å²) in [6.07, 6.45) is 5.02. The lowest BCUT2D eigenvalue weighted by molar-refractivity contribution is 0.282. The number of pyridine rings is 1. The minimum absolute atomic E-state index is 0.127. The first-order valence-corrected chi connectivity index (χ1v) is 10.8. The number of rotatable bonds is 6. The molecule has 1 N–H and O–H groups in total. The monoisotopic (exact) mass is 401 g/mol. The van der Waals surface area contributed by atoms with Crippen molar-refractivity contribution in [2.75, 3.05) is 24.8 Å². The molecule has 0 amide bonds. The van der Waals surface area contributed by atoms with E-state index in [9.17, 15) is 8.42 Å². The molecule has 0 unspecified atom stereocenters. The molecule has 1 aliphatic carbocycles. The molecule has 9 heteroatoms. The molecule has 28 heavy (non-hydrogen) atoms. The number of nitrogens with zero attached hydrogens (tertiary/aromatic N) is 4. The molecular formula is C19H23N5O3S. The Hall–Kier alpha value is -2.68. The van der Waals surface area contributed by atoms with E-state index in [1.807, 2.05) is 19.3 Å². The lowest BCUT2D eigenvalue weighted by Gasteiger charge is -2.41. The van der Waals surface area contributed by atoms with Gasteiger partial charge in [0.1, 0.15) is 17.8 Å². The number of anilines is 1. The lowest BCUT2D eigenvalue weighted by Crippen LogP contribution is -2.45. The number of hydrogen-bond acceptors (Lipinski definition) is 7. The van der Waals surface area contributed by atoms with E-state index >= 15 is 0 Å². The molecule has 3 heterocycles. The van der Waals surface area contributed by atoms with Crippen molar-refractivity contribution in [2.24, 2.45) is 5.92 Å². The molecule has 0 aromatic carbocycles. The van der Waals surface area contributed by atoms with Crippen LogP contribution in [0.2, 0.25) is 0 Å². The molecule has 0 aliphatic heterocycles. The topological polar surface area (TPSA) is 101 Å². The Labute approximate surface area is 163 Å². The van der Waals surface area contributed by atoms with Crippen molar-refractivity contribution in [3.8, 4) is 5.88 Å². The van der Waals surface area contributed by atoms with Crippen molar-refractivity contribution >= 4 is 26.7 Å². The number of aromatic nitrogens is 4. The highest BCUT2D eigenvalue weighted by Gasteiger charge is 2.37. The van der Waals surface area contributed by atoms with Crippen LogP contribution in [0.5, 0.6) is 5.88 Å². The van der Waals surface area contributed by atoms with E-state index in [2.05, 4.69) is 24.8 Å². The Morgan fingerprint density at radius 1 is 1.25 bits per heavy atom. The van der Waals surface area contributed by atoms with Crippen LogP contribution in [0, 0.1) is 12.8 Å². The first kappa shape index (κ1) is 18.7. The zero-order valence-electron chi connectivity index (χ0n) is 16.1. The average molecular weight is 401 g/mol. The van der Waals surface area contributed by atoms with Crippen LogP contribution in [0.25, 0.3) is 11.0 Å². The highest BCUT2D eigenvalue weighted by Crippen LogP contribution is 2.37. The molecule has 148 valence electrons. The Kier molecular flexibility index (Phi) is 4.70. The molecule has 0 atom stereocenters. The Morgan fingerprint density at radius 3 is 2.75 bits per heavy atom. The van der Waals surface area contributed by atoms with Gasteiger partial charge in [-0.05, 0) is 37.8 Å². The summed E-state index contributed by atoms with van der Waals surface area (Å²) < 4.78 is 30.7. The smallest absolute Gasteiger partial charge is 0.213 e. The standard InChI is InChI=1S/C19H23N5O3S/c1-12-16(4-5-17(23-12)27-3)28(25,26)10-13-8-14(9-13)24(2)19-15-6-7-20-18(15)21-11-22-19/h4-7,11,13-14H,8-10H2,1-3H3,(H,20,21,22). The number of ether oxygens (including phenoxy) is 1. The number of sulfone groups is 1. The van der Waals surface area contributed by atoms with Crippen molar-refractivity contribution in [2.45, 2.75) is 30.7 Å². The first-order chi connectivity index (χ1) is 13.4. The van der Waals surface area contributed by atoms with E-state index in [1.165, 1.54) is 7.11 Å². The molecule has 1 fully saturated rings. The normalized spacial score (nSPS) is 19.4. The van der Waals surface area contributed by atoms with Crippen LogP contribution in [-0.2, 0) is 9.84 Å². The second-order valence-electron chi connectivity index (χ2n) is 7.26. The maximum absolute atomic E-state index is 12.8. The van der Waals surface area contributed by atoms with Crippen LogP contribution >= 0.6 is 0 Å². The minimum atomic E-state index is -3.38. The van der Waals surface area contributed by atoms with Gasteiger partial charge in [-0.3, -0.25) is 0 Å². The summed E-state index contributed by atoms with van der Waals surface area (Å²) in [6.45, 7) is 1.70. The molecule has 1 saturated carbocycles. The zero-order valence-corrected chi connectivity index (χ0v) is 16.9. The highest BCUT2D eigenvalue weighted by atomic mass is 32.2. The summed E-state index contributed by atoms with van der Waals surface area (Å²) in [6, 6.07) is 5.40. The third-order valence-corrected chi connectivity index (χ3v) is 7.45. The van der Waals surface area contributed by atoms with Crippen LogP contribution in [-0.4, -0.2) is 54.3 Å². The Balaban J connectivity index is 1.43. The molecule has 0 bridgehead atoms. The van der Waals surface area contributed by atoms with Crippen molar-refractivity contribution in [3.05, 3.63) is 36.4 Å². The molecule has 3 aromatic rings. The molecule has 3 aromatic heterocycles. The largest absolute Gasteiger partial charge is 0.481 e. The van der Waals surface area contributed by atoms with Gasteiger partial charge in [0.2, 0.25) is 5.88 Å². The van der Waals surface area contributed by atoms with E-state index in [0.717, 1.165) is 29.7 Å². The predicted molar refractivity (Wildman–Crippen MR) is 106 cm³/mol. The molecule has 4 rings (SSSR count). The maximum atomic E-state index is 12.8. The van der Waals surface area contributed by atoms with E-state index in [1.54, 1.807) is 25.4 Å². The van der Waals surface area contributed by atoms with Crippen LogP contribution in [0.3, 0.4) is 0 Å². The first-order valence-electron chi connectivity index (χ1n) is 9.14. The molecule has 1 aliphatic rings. The van der Waals surface area contributed by atoms with Crippen LogP contribution in [0.1, 0.15) is 18.5 Å². The van der Waals surface area contributed by atoms with Crippen molar-refractivity contribution in [1.29, 1.82) is 0 Å². The fourth-order valence-corrected chi connectivity index (χ4v) is 5.68. The average Bonchev–Trinajstić information content (AvgIpc) is 3.12. The Bertz CT molecular complexity index is 1110. The second kappa shape index (κ2) is 7.05. The summed E-state index contributed by atoms with van der Waals surface area (Å²) in [7, 11) is 0.133. The zero-order chi connectivity index (χ0) is 19.9. The molecule has 0 radical (unpaired) electrons. The summed E-state index contributed by atoms with van der Waals surface area (Å²) in [5, 5.41) is 0.973. The predicted octanol–water partition coefficient (Wildman–Crippen LogP) is 2.36. The number of methoxy groups -OCH3 is 1. The third kappa shape index (κ3) is 3.30. The van der Waals surface area contributed by atoms with E-state index < -0.39 is 9.84 Å². The lowest BCUT2D eigenvalue weighted by atomic mass is 9.81. The Morgan fingerprint density at radius 2 is 2.04 bits per heavy atom. The van der Waals surface area contributed by atoms with Crippen molar-refractivity contribution < 1.29 is 13.2 Å². The number of H-pyrrole nitrogens is 1. The fourth-order valence-electron chi connectivity index (χ4n) is 3.83. The number of fused-ring (bicyclic) bond motifs is 1. The van der Waals surface area contributed by atoms with Crippen molar-refractivity contribution in [3.63, 3.8) is 0 Å². The number of hydrogen-bond donors (Lipinski definition) is 1. The summed E-state index contributed by atoms with van der Waals surface area (Å²) in [4.78, 5) is 18.3. The molecule has 0 saturated heterocycles. The van der Waals surface area contributed by atoms with Gasteiger partial charge in [0.15, 0.2) is 9.84 Å².